The Kier molecular flexibility index (Phi) is 5.69. The molecule has 0 amide bonds. The van der Waals surface area contributed by atoms with Crippen molar-refractivity contribution in [1.82, 2.24) is 9.97 Å². The summed E-state index contributed by atoms with van der Waals surface area (Å²) in [5.74, 6) is 1.74. The maximum Gasteiger partial charge on any atom is 0.223 e. The maximum absolute atomic E-state index is 6.95. The van der Waals surface area contributed by atoms with Crippen molar-refractivity contribution >= 4 is 8.32 Å². The normalized spacial score (nSPS) is 18.1. The van der Waals surface area contributed by atoms with Crippen LogP contribution in [-0.4, -0.2) is 18.3 Å². The Morgan fingerprint density at radius 2 is 1.77 bits per heavy atom. The molecule has 0 bridgehead atoms. The first-order chi connectivity index (χ1) is 14.2. The van der Waals surface area contributed by atoms with Gasteiger partial charge >= 0.3 is 0 Å². The highest BCUT2D eigenvalue weighted by atomic mass is 28.4. The molecule has 0 radical (unpaired) electrons. The number of nitrogens with zero attached hydrogens (tertiary/aromatic N) is 2. The topological polar surface area (TPSA) is 48.2 Å². The van der Waals surface area contributed by atoms with E-state index < -0.39 is 8.32 Å². The Balaban J connectivity index is 1.67. The fraction of sp³-hybridized carbons (Fsp3) is 0.440. The van der Waals surface area contributed by atoms with Gasteiger partial charge in [-0.2, -0.15) is 0 Å². The van der Waals surface area contributed by atoms with Gasteiger partial charge in [-0.15, -0.1) is 0 Å². The minimum atomic E-state index is -2.01. The van der Waals surface area contributed by atoms with Crippen molar-refractivity contribution in [2.24, 2.45) is 5.92 Å². The predicted molar refractivity (Wildman–Crippen MR) is 123 cm³/mol. The van der Waals surface area contributed by atoms with E-state index in [0.29, 0.717) is 17.6 Å². The summed E-state index contributed by atoms with van der Waals surface area (Å²) in [4.78, 5) is 9.09. The summed E-state index contributed by atoms with van der Waals surface area (Å²) < 4.78 is 13.2. The zero-order chi connectivity index (χ0) is 21.4. The number of aromatic nitrogens is 2. The van der Waals surface area contributed by atoms with Crippen LogP contribution in [0.5, 0.6) is 0 Å². The van der Waals surface area contributed by atoms with Gasteiger partial charge in [-0.1, -0.05) is 51.1 Å². The second-order valence-corrected chi connectivity index (χ2v) is 14.6. The van der Waals surface area contributed by atoms with E-state index in [4.69, 9.17) is 8.84 Å². The van der Waals surface area contributed by atoms with E-state index in [1.54, 1.807) is 12.4 Å². The summed E-state index contributed by atoms with van der Waals surface area (Å²) in [6.45, 7) is 11.4. The maximum atomic E-state index is 6.95. The molecule has 0 fully saturated rings. The second kappa shape index (κ2) is 8.12. The molecule has 0 aliphatic heterocycles. The second-order valence-electron chi connectivity index (χ2n) is 9.85. The Labute approximate surface area is 180 Å². The first kappa shape index (κ1) is 21.0. The standard InChI is InChI=1S/C25H32N2O2Si/c1-25(2,3)30(4,5)29-23(20-14-13-18-10-6-7-11-19(18)16-20)24-27-17-22(28-24)21-12-8-9-15-26-21/h6-12,15,17,20,23H,13-14,16H2,1-5H3. The number of rotatable bonds is 5. The molecule has 2 aromatic heterocycles. The van der Waals surface area contributed by atoms with Crippen LogP contribution in [0.4, 0.5) is 0 Å². The van der Waals surface area contributed by atoms with Gasteiger partial charge in [-0.05, 0) is 66.6 Å². The summed E-state index contributed by atoms with van der Waals surface area (Å²) in [5.41, 5.74) is 3.69. The SMILES string of the molecule is CC(C)(C)[Si](C)(C)OC(c1ncc(-c2ccccn2)o1)C1CCc2ccccc2C1. The van der Waals surface area contributed by atoms with Gasteiger partial charge in [0.1, 0.15) is 11.8 Å². The monoisotopic (exact) mass is 420 g/mol. The minimum Gasteiger partial charge on any atom is -0.436 e. The van der Waals surface area contributed by atoms with Crippen molar-refractivity contribution < 1.29 is 8.84 Å². The van der Waals surface area contributed by atoms with Crippen molar-refractivity contribution in [3.05, 3.63) is 71.9 Å². The molecule has 4 rings (SSSR count). The molecule has 1 aromatic carbocycles. The van der Waals surface area contributed by atoms with Gasteiger partial charge in [0.15, 0.2) is 14.1 Å². The third kappa shape index (κ3) is 4.28. The van der Waals surface area contributed by atoms with Crippen molar-refractivity contribution in [3.8, 4) is 11.5 Å². The number of hydrogen-bond acceptors (Lipinski definition) is 4. The lowest BCUT2D eigenvalue weighted by Crippen LogP contribution is -2.43. The first-order valence-electron chi connectivity index (χ1n) is 10.9. The van der Waals surface area contributed by atoms with Crippen LogP contribution in [0, 0.1) is 5.92 Å². The van der Waals surface area contributed by atoms with Gasteiger partial charge < -0.3 is 8.84 Å². The molecule has 2 unspecified atom stereocenters. The van der Waals surface area contributed by atoms with Gasteiger partial charge in [0.25, 0.3) is 0 Å². The lowest BCUT2D eigenvalue weighted by atomic mass is 9.81. The number of aryl methyl sites for hydroxylation is 1. The Hall–Kier alpha value is -2.24. The highest BCUT2D eigenvalue weighted by Crippen LogP contribution is 2.44. The molecule has 0 saturated carbocycles. The number of hydrogen-bond donors (Lipinski definition) is 0. The Morgan fingerprint density at radius 1 is 1.03 bits per heavy atom. The molecule has 2 atom stereocenters. The molecule has 1 aliphatic rings. The van der Waals surface area contributed by atoms with E-state index in [1.807, 2.05) is 18.2 Å². The number of benzene rings is 1. The third-order valence-corrected chi connectivity index (χ3v) is 11.2. The number of fused-ring (bicyclic) bond motifs is 1. The lowest BCUT2D eigenvalue weighted by Gasteiger charge is -2.41. The van der Waals surface area contributed by atoms with E-state index >= 15 is 0 Å². The highest BCUT2D eigenvalue weighted by molar-refractivity contribution is 6.74. The van der Waals surface area contributed by atoms with Crippen LogP contribution in [0.3, 0.4) is 0 Å². The smallest absolute Gasteiger partial charge is 0.223 e. The summed E-state index contributed by atoms with van der Waals surface area (Å²) in [7, 11) is -2.01. The van der Waals surface area contributed by atoms with Gasteiger partial charge in [0.2, 0.25) is 5.89 Å². The van der Waals surface area contributed by atoms with E-state index in [1.165, 1.54) is 11.1 Å². The van der Waals surface area contributed by atoms with Crippen LogP contribution >= 0.6 is 0 Å². The van der Waals surface area contributed by atoms with Gasteiger partial charge in [0.05, 0.1) is 6.20 Å². The molecule has 4 nitrogen and oxygen atoms in total. The average Bonchev–Trinajstić information content (AvgIpc) is 3.21. The molecule has 0 spiro atoms. The third-order valence-electron chi connectivity index (χ3n) is 6.73. The van der Waals surface area contributed by atoms with E-state index in [-0.39, 0.29) is 11.1 Å². The Bertz CT molecular complexity index is 992. The van der Waals surface area contributed by atoms with Crippen molar-refractivity contribution in [1.29, 1.82) is 0 Å². The van der Waals surface area contributed by atoms with Crippen molar-refractivity contribution in [2.75, 3.05) is 0 Å². The summed E-state index contributed by atoms with van der Waals surface area (Å²) in [6, 6.07) is 14.6. The lowest BCUT2D eigenvalue weighted by molar-refractivity contribution is 0.0832. The summed E-state index contributed by atoms with van der Waals surface area (Å²) >= 11 is 0. The first-order valence-corrected chi connectivity index (χ1v) is 13.8. The predicted octanol–water partition coefficient (Wildman–Crippen LogP) is 6.60. The van der Waals surface area contributed by atoms with Crippen LogP contribution in [0.1, 0.15) is 50.3 Å². The molecule has 0 N–H and O–H groups in total. The minimum absolute atomic E-state index is 0.119. The highest BCUT2D eigenvalue weighted by Gasteiger charge is 2.43. The molecular weight excluding hydrogens is 388 g/mol. The zero-order valence-corrected chi connectivity index (χ0v) is 19.7. The Morgan fingerprint density at radius 3 is 2.47 bits per heavy atom. The van der Waals surface area contributed by atoms with Crippen molar-refractivity contribution in [2.45, 2.75) is 64.3 Å². The number of oxazole rings is 1. The van der Waals surface area contributed by atoms with Crippen LogP contribution in [0.25, 0.3) is 11.5 Å². The van der Waals surface area contributed by atoms with Crippen LogP contribution < -0.4 is 0 Å². The van der Waals surface area contributed by atoms with Crippen LogP contribution in [0.2, 0.25) is 18.1 Å². The van der Waals surface area contributed by atoms with E-state index in [9.17, 15) is 0 Å². The molecule has 30 heavy (non-hydrogen) atoms. The van der Waals surface area contributed by atoms with Gasteiger partial charge in [-0.3, -0.25) is 4.98 Å². The van der Waals surface area contributed by atoms with Gasteiger partial charge in [-0.25, -0.2) is 4.98 Å². The largest absolute Gasteiger partial charge is 0.436 e. The quantitative estimate of drug-likeness (QED) is 0.436. The zero-order valence-electron chi connectivity index (χ0n) is 18.7. The molecule has 0 saturated heterocycles. The fourth-order valence-corrected chi connectivity index (χ4v) is 5.15. The fourth-order valence-electron chi connectivity index (χ4n) is 3.87. The van der Waals surface area contributed by atoms with Crippen molar-refractivity contribution in [3.63, 3.8) is 0 Å². The van der Waals surface area contributed by atoms with Gasteiger partial charge in [0, 0.05) is 6.20 Å². The molecule has 1 aliphatic carbocycles. The molecular formula is C25H32N2O2Si. The molecule has 158 valence electrons. The van der Waals surface area contributed by atoms with E-state index in [2.05, 4.69) is 68.1 Å². The van der Waals surface area contributed by atoms with E-state index in [0.717, 1.165) is 25.0 Å². The molecule has 5 heteroatoms. The summed E-state index contributed by atoms with van der Waals surface area (Å²) in [6.07, 6.45) is 6.58. The molecule has 3 aromatic rings. The summed E-state index contributed by atoms with van der Waals surface area (Å²) in [5, 5.41) is 0.119. The van der Waals surface area contributed by atoms with Crippen LogP contribution in [-0.2, 0) is 17.3 Å². The number of pyridine rings is 1. The average molecular weight is 421 g/mol. The van der Waals surface area contributed by atoms with Crippen LogP contribution in [0.15, 0.2) is 59.3 Å². The molecule has 2 heterocycles.